The number of aromatic nitrogens is 9. The van der Waals surface area contributed by atoms with Gasteiger partial charge in [-0.3, -0.25) is 32.8 Å². The summed E-state index contributed by atoms with van der Waals surface area (Å²) in [6.07, 6.45) is 7.70. The number of rotatable bonds is 7. The number of benzene rings is 3. The first kappa shape index (κ1) is 38.1. The predicted molar refractivity (Wildman–Crippen MR) is 228 cm³/mol. The van der Waals surface area contributed by atoms with Gasteiger partial charge in [-0.2, -0.15) is 10.2 Å². The summed E-state index contributed by atoms with van der Waals surface area (Å²) in [6, 6.07) is 17.0. The molecule has 0 bridgehead atoms. The lowest BCUT2D eigenvalue weighted by molar-refractivity contribution is 0.0623. The maximum absolute atomic E-state index is 15.5. The number of aryl methyl sites for hydroxylation is 3. The molecule has 5 aromatic heterocycles. The molecule has 3 atom stereocenters. The molecule has 1 N–H and O–H groups in total. The quantitative estimate of drug-likeness (QED) is 0.187. The van der Waals surface area contributed by atoms with E-state index in [4.69, 9.17) is 14.4 Å². The molecule has 0 unspecified atom stereocenters. The Labute approximate surface area is 353 Å². The van der Waals surface area contributed by atoms with Gasteiger partial charge in [-0.25, -0.2) is 14.0 Å². The molecule has 3 aromatic carbocycles. The monoisotopic (exact) mass is 836 g/mol. The summed E-state index contributed by atoms with van der Waals surface area (Å²) in [5.74, 6) is -0.411. The molecular weight excluding hydrogens is 792 g/mol. The highest BCUT2D eigenvalue weighted by Gasteiger charge is 2.59. The van der Waals surface area contributed by atoms with E-state index in [1.165, 1.54) is 5.56 Å². The van der Waals surface area contributed by atoms with Crippen LogP contribution in [0.25, 0.3) is 44.4 Å². The Morgan fingerprint density at radius 1 is 0.919 bits per heavy atom. The Morgan fingerprint density at radius 2 is 1.66 bits per heavy atom. The molecule has 7 heterocycles. The Balaban J connectivity index is 1.06. The van der Waals surface area contributed by atoms with E-state index in [0.29, 0.717) is 89.6 Å². The molecule has 15 nitrogen and oxygen atoms in total. The Morgan fingerprint density at radius 3 is 2.39 bits per heavy atom. The van der Waals surface area contributed by atoms with Gasteiger partial charge in [0.25, 0.3) is 5.91 Å². The van der Waals surface area contributed by atoms with Crippen LogP contribution < -0.4 is 11.4 Å². The standard InChI is InChI=1S/C46H45FN10O5/c1-25-18-32(19-26(2)38(25)47)39-41(55-13-12-54(45(55)60)34-7-9-35-33(21-34)24-48-52(35)5)40-28(4)53(14-15-56(40)50-39)42(58)37-22-31-20-30(29-10-16-61-17-11-29)6-8-36(31)57(37)46(23-27(46)3)43-49-44(59)62-51-43/h6-9,12-13,18-22,24,27-29H,10-11,14-17,23H2,1-5H3,(H,49,51,59)/t27-,28-,46-/m0/s1. The molecule has 1 saturated heterocycles. The lowest BCUT2D eigenvalue weighted by atomic mass is 9.91. The predicted octanol–water partition coefficient (Wildman–Crippen LogP) is 6.66. The van der Waals surface area contributed by atoms with Crippen LogP contribution in [-0.4, -0.2) is 74.0 Å². The molecule has 16 heteroatoms. The van der Waals surface area contributed by atoms with E-state index in [2.05, 4.69) is 44.9 Å². The van der Waals surface area contributed by atoms with Gasteiger partial charge in [0, 0.05) is 61.1 Å². The number of H-pyrrole nitrogens is 1. The molecule has 3 aliphatic rings. The van der Waals surface area contributed by atoms with Crippen LogP contribution in [-0.2, 0) is 23.9 Å². The molecule has 0 spiro atoms. The lowest BCUT2D eigenvalue weighted by Crippen LogP contribution is -2.43. The number of imidazole rings is 1. The highest BCUT2D eigenvalue weighted by molar-refractivity contribution is 6.00. The third-order valence-corrected chi connectivity index (χ3v) is 13.6. The van der Waals surface area contributed by atoms with Crippen LogP contribution in [0.2, 0.25) is 0 Å². The zero-order chi connectivity index (χ0) is 42.8. The fourth-order valence-corrected chi connectivity index (χ4v) is 10.3. The first-order valence-electron chi connectivity index (χ1n) is 21.1. The Bertz CT molecular complexity index is 3220. The van der Waals surface area contributed by atoms with Gasteiger partial charge < -0.3 is 14.2 Å². The molecule has 1 saturated carbocycles. The third-order valence-electron chi connectivity index (χ3n) is 13.6. The van der Waals surface area contributed by atoms with Crippen LogP contribution in [0.3, 0.4) is 0 Å². The third kappa shape index (κ3) is 5.65. The molecule has 2 aliphatic heterocycles. The number of amides is 1. The number of nitrogens with zero attached hydrogens (tertiary/aromatic N) is 9. The van der Waals surface area contributed by atoms with E-state index in [9.17, 15) is 9.59 Å². The van der Waals surface area contributed by atoms with Gasteiger partial charge in [0.1, 0.15) is 28.4 Å². The smallest absolute Gasteiger partial charge is 0.381 e. The maximum atomic E-state index is 15.5. The van der Waals surface area contributed by atoms with E-state index in [0.717, 1.165) is 34.6 Å². The first-order chi connectivity index (χ1) is 29.9. The molecule has 1 amide bonds. The van der Waals surface area contributed by atoms with Crippen LogP contribution in [0, 0.1) is 25.6 Å². The largest absolute Gasteiger partial charge is 0.438 e. The van der Waals surface area contributed by atoms with E-state index in [1.807, 2.05) is 47.8 Å². The molecule has 1 aliphatic carbocycles. The summed E-state index contributed by atoms with van der Waals surface area (Å²) in [5.41, 5.74) is 6.23. The molecule has 2 fully saturated rings. The molecule has 62 heavy (non-hydrogen) atoms. The number of fused-ring (bicyclic) bond motifs is 3. The molecule has 0 radical (unpaired) electrons. The van der Waals surface area contributed by atoms with Gasteiger partial charge in [-0.05, 0) is 117 Å². The van der Waals surface area contributed by atoms with Crippen molar-refractivity contribution in [2.24, 2.45) is 13.0 Å². The highest BCUT2D eigenvalue weighted by Crippen LogP contribution is 2.56. The average molecular weight is 837 g/mol. The van der Waals surface area contributed by atoms with Crippen molar-refractivity contribution in [2.45, 2.75) is 71.0 Å². The summed E-state index contributed by atoms with van der Waals surface area (Å²) in [6.45, 7) is 9.56. The second-order valence-corrected chi connectivity index (χ2v) is 17.3. The van der Waals surface area contributed by atoms with Gasteiger partial charge in [0.05, 0.1) is 35.7 Å². The van der Waals surface area contributed by atoms with Gasteiger partial charge in [-0.1, -0.05) is 18.1 Å². The Hall–Kier alpha value is -6.81. The summed E-state index contributed by atoms with van der Waals surface area (Å²) in [5, 5.41) is 15.5. The number of hydrogen-bond donors (Lipinski definition) is 1. The minimum atomic E-state index is -0.814. The number of nitrogens with one attached hydrogen (secondary N) is 1. The topological polar surface area (TPSA) is 156 Å². The second-order valence-electron chi connectivity index (χ2n) is 17.3. The number of ether oxygens (including phenoxy) is 1. The molecule has 316 valence electrons. The van der Waals surface area contributed by atoms with Crippen LogP contribution in [0.4, 0.5) is 4.39 Å². The van der Waals surface area contributed by atoms with E-state index in [-0.39, 0.29) is 23.3 Å². The summed E-state index contributed by atoms with van der Waals surface area (Å²) >= 11 is 0. The van der Waals surface area contributed by atoms with Crippen LogP contribution in [0.15, 0.2) is 87.3 Å². The highest BCUT2D eigenvalue weighted by atomic mass is 19.1. The fourth-order valence-electron chi connectivity index (χ4n) is 10.3. The number of halogens is 1. The SMILES string of the molecule is Cc1cc(-c2nn3c(c2-n2ccn(-c4ccc5c(cnn5C)c4)c2=O)[C@H](C)N(C(=O)c2cc4cc(C5CCOCC5)ccc4n2[C@@]2(c4noc(=O)[nH]4)C[C@@H]2C)CC3)cc(C)c1F. The first-order valence-corrected chi connectivity index (χ1v) is 21.1. The number of carbonyl (C=O) groups excluding carboxylic acids is 1. The van der Waals surface area contributed by atoms with Crippen molar-refractivity contribution in [3.63, 3.8) is 0 Å². The number of carbonyl (C=O) groups is 1. The van der Waals surface area contributed by atoms with Crippen molar-refractivity contribution in [1.82, 2.24) is 48.3 Å². The summed E-state index contributed by atoms with van der Waals surface area (Å²) < 4.78 is 34.7. The molecular formula is C46H45FN10O5. The van der Waals surface area contributed by atoms with Gasteiger partial charge in [0.15, 0.2) is 5.82 Å². The van der Waals surface area contributed by atoms with Gasteiger partial charge >= 0.3 is 11.4 Å². The van der Waals surface area contributed by atoms with Crippen molar-refractivity contribution < 1.29 is 18.4 Å². The zero-order valence-electron chi connectivity index (χ0n) is 35.1. The van der Waals surface area contributed by atoms with Crippen LogP contribution >= 0.6 is 0 Å². The lowest BCUT2D eigenvalue weighted by Gasteiger charge is -2.35. The van der Waals surface area contributed by atoms with Crippen molar-refractivity contribution in [1.29, 1.82) is 0 Å². The number of aromatic amines is 1. The van der Waals surface area contributed by atoms with Crippen molar-refractivity contribution in [3.05, 3.63) is 134 Å². The van der Waals surface area contributed by atoms with E-state index < -0.39 is 17.3 Å². The van der Waals surface area contributed by atoms with Gasteiger partial charge in [-0.15, -0.1) is 0 Å². The number of hydrogen-bond acceptors (Lipinski definition) is 8. The molecule has 8 aromatic rings. The van der Waals surface area contributed by atoms with Crippen LogP contribution in [0.1, 0.15) is 83.8 Å². The summed E-state index contributed by atoms with van der Waals surface area (Å²) in [4.78, 5) is 47.1. The van der Waals surface area contributed by atoms with E-state index >= 15 is 9.18 Å². The van der Waals surface area contributed by atoms with Crippen LogP contribution in [0.5, 0.6) is 0 Å². The van der Waals surface area contributed by atoms with Crippen molar-refractivity contribution in [3.8, 4) is 22.6 Å². The minimum Gasteiger partial charge on any atom is -0.381 e. The minimum absolute atomic E-state index is 0.0346. The average Bonchev–Trinajstić information content (AvgIpc) is 3.90. The normalized spacial score (nSPS) is 20.4. The zero-order valence-corrected chi connectivity index (χ0v) is 35.1. The second kappa shape index (κ2) is 13.9. The fraction of sp³-hybridized carbons (Fsp3) is 0.348. The van der Waals surface area contributed by atoms with Crippen molar-refractivity contribution in [2.75, 3.05) is 19.8 Å². The van der Waals surface area contributed by atoms with E-state index in [1.54, 1.807) is 58.4 Å². The maximum Gasteiger partial charge on any atom is 0.438 e. The van der Waals surface area contributed by atoms with Gasteiger partial charge in [0.2, 0.25) is 0 Å². The summed E-state index contributed by atoms with van der Waals surface area (Å²) in [7, 11) is 1.87. The van der Waals surface area contributed by atoms with Crippen molar-refractivity contribution >= 4 is 27.7 Å². The molecule has 11 rings (SSSR count). The Kier molecular flexibility index (Phi) is 8.52.